The van der Waals surface area contributed by atoms with E-state index in [0.717, 1.165) is 16.4 Å². The van der Waals surface area contributed by atoms with Crippen molar-refractivity contribution in [2.24, 2.45) is 7.05 Å². The molecule has 9 heteroatoms. The van der Waals surface area contributed by atoms with Gasteiger partial charge >= 0.3 is 6.18 Å². The molecule has 0 aliphatic rings. The second-order valence-electron chi connectivity index (χ2n) is 4.95. The van der Waals surface area contributed by atoms with Crippen LogP contribution in [0.25, 0.3) is 11.0 Å². The Morgan fingerprint density at radius 3 is 2.78 bits per heavy atom. The number of hydrogen-bond donors (Lipinski definition) is 2. The molecule has 0 fully saturated rings. The number of aromatic nitrogens is 4. The number of carbonyl (C=O) groups excluding carboxylic acids is 1. The minimum atomic E-state index is -4.69. The Morgan fingerprint density at radius 1 is 1.35 bits per heavy atom. The molecule has 0 unspecified atom stereocenters. The van der Waals surface area contributed by atoms with E-state index in [1.54, 1.807) is 6.07 Å². The number of para-hydroxylation sites is 2. The average Bonchev–Trinajstić information content (AvgIpc) is 3.07. The average molecular weight is 323 g/mol. The highest BCUT2D eigenvalue weighted by Gasteiger charge is 2.38. The zero-order valence-electron chi connectivity index (χ0n) is 12.0. The number of carbonyl (C=O) groups is 1. The van der Waals surface area contributed by atoms with Gasteiger partial charge in [0.1, 0.15) is 5.82 Å². The zero-order valence-corrected chi connectivity index (χ0v) is 12.0. The van der Waals surface area contributed by atoms with Crippen molar-refractivity contribution < 1.29 is 18.0 Å². The van der Waals surface area contributed by atoms with Gasteiger partial charge in [-0.2, -0.15) is 18.3 Å². The molecule has 1 aromatic carbocycles. The van der Waals surface area contributed by atoms with Crippen LogP contribution in [-0.4, -0.2) is 25.7 Å². The quantitative estimate of drug-likeness (QED) is 0.776. The van der Waals surface area contributed by atoms with Crippen LogP contribution >= 0.6 is 0 Å². The molecule has 0 spiro atoms. The summed E-state index contributed by atoms with van der Waals surface area (Å²) < 4.78 is 39.5. The first-order chi connectivity index (χ1) is 10.8. The molecule has 0 aliphatic carbocycles. The van der Waals surface area contributed by atoms with Gasteiger partial charge in [-0.05, 0) is 12.1 Å². The summed E-state index contributed by atoms with van der Waals surface area (Å²) in [6.07, 6.45) is -3.65. The lowest BCUT2D eigenvalue weighted by Gasteiger charge is -2.06. The standard InChI is InChI=1S/C14H12F3N5O/c1-22-7-8(12(21-22)14(15,16)17)13(23)18-6-11-19-9-4-2-3-5-10(9)20-11/h2-5,7H,6H2,1H3,(H,18,23)(H,19,20). The third kappa shape index (κ3) is 3.03. The van der Waals surface area contributed by atoms with Crippen LogP contribution in [0.1, 0.15) is 21.9 Å². The third-order valence-electron chi connectivity index (χ3n) is 3.20. The molecule has 0 saturated heterocycles. The van der Waals surface area contributed by atoms with Crippen molar-refractivity contribution >= 4 is 16.9 Å². The zero-order chi connectivity index (χ0) is 16.6. The Balaban J connectivity index is 1.77. The number of aromatic amines is 1. The summed E-state index contributed by atoms with van der Waals surface area (Å²) in [5.41, 5.74) is -0.221. The lowest BCUT2D eigenvalue weighted by atomic mass is 10.2. The number of imidazole rings is 1. The summed E-state index contributed by atoms with van der Waals surface area (Å²) in [5, 5.41) is 5.72. The van der Waals surface area contributed by atoms with Crippen molar-refractivity contribution in [2.75, 3.05) is 0 Å². The van der Waals surface area contributed by atoms with Crippen molar-refractivity contribution in [1.82, 2.24) is 25.1 Å². The predicted molar refractivity (Wildman–Crippen MR) is 75.5 cm³/mol. The van der Waals surface area contributed by atoms with Gasteiger partial charge in [0, 0.05) is 13.2 Å². The number of aryl methyl sites for hydroxylation is 1. The number of H-pyrrole nitrogens is 1. The lowest BCUT2D eigenvalue weighted by molar-refractivity contribution is -0.141. The van der Waals surface area contributed by atoms with Crippen molar-refractivity contribution in [3.05, 3.63) is 47.5 Å². The first kappa shape index (κ1) is 15.1. The molecule has 1 amide bonds. The minimum Gasteiger partial charge on any atom is -0.345 e. The molecule has 2 heterocycles. The third-order valence-corrected chi connectivity index (χ3v) is 3.20. The van der Waals surface area contributed by atoms with E-state index in [2.05, 4.69) is 20.4 Å². The highest BCUT2D eigenvalue weighted by Crippen LogP contribution is 2.30. The molecular weight excluding hydrogens is 311 g/mol. The number of nitrogens with one attached hydrogen (secondary N) is 2. The molecule has 23 heavy (non-hydrogen) atoms. The number of halogens is 3. The van der Waals surface area contributed by atoms with Gasteiger partial charge in [0.25, 0.3) is 5.91 Å². The van der Waals surface area contributed by atoms with Crippen LogP contribution in [-0.2, 0) is 19.8 Å². The predicted octanol–water partition coefficient (Wildman–Crippen LogP) is 2.25. The fourth-order valence-electron chi connectivity index (χ4n) is 2.21. The second kappa shape index (κ2) is 5.41. The smallest absolute Gasteiger partial charge is 0.345 e. The molecule has 3 aromatic rings. The molecule has 0 radical (unpaired) electrons. The Bertz CT molecular complexity index is 832. The molecule has 120 valence electrons. The molecule has 2 N–H and O–H groups in total. The van der Waals surface area contributed by atoms with Crippen molar-refractivity contribution in [3.8, 4) is 0 Å². The lowest BCUT2D eigenvalue weighted by Crippen LogP contribution is -2.25. The van der Waals surface area contributed by atoms with Crippen LogP contribution in [0.5, 0.6) is 0 Å². The summed E-state index contributed by atoms with van der Waals surface area (Å²) in [6.45, 7) is -0.0142. The normalized spacial score (nSPS) is 11.8. The maximum absolute atomic E-state index is 12.9. The van der Waals surface area contributed by atoms with Crippen LogP contribution in [0.2, 0.25) is 0 Å². The summed E-state index contributed by atoms with van der Waals surface area (Å²) in [6, 6.07) is 7.25. The first-order valence-electron chi connectivity index (χ1n) is 6.67. The van der Waals surface area contributed by atoms with Crippen LogP contribution < -0.4 is 5.32 Å². The van der Waals surface area contributed by atoms with E-state index in [-0.39, 0.29) is 6.54 Å². The molecule has 0 saturated carbocycles. The Labute approximate surface area is 128 Å². The maximum atomic E-state index is 12.9. The Morgan fingerprint density at radius 2 is 2.09 bits per heavy atom. The largest absolute Gasteiger partial charge is 0.435 e. The van der Waals surface area contributed by atoms with Gasteiger partial charge in [0.05, 0.1) is 23.1 Å². The highest BCUT2D eigenvalue weighted by molar-refractivity contribution is 5.95. The summed E-state index contributed by atoms with van der Waals surface area (Å²) in [5.74, 6) is -0.400. The fourth-order valence-corrected chi connectivity index (χ4v) is 2.21. The number of hydrogen-bond acceptors (Lipinski definition) is 3. The molecule has 3 rings (SSSR count). The second-order valence-corrected chi connectivity index (χ2v) is 4.95. The summed E-state index contributed by atoms with van der Waals surface area (Å²) in [4.78, 5) is 19.2. The number of benzene rings is 1. The van der Waals surface area contributed by atoms with Crippen molar-refractivity contribution in [3.63, 3.8) is 0 Å². The van der Waals surface area contributed by atoms with Crippen LogP contribution in [0.3, 0.4) is 0 Å². The topological polar surface area (TPSA) is 75.6 Å². The van der Waals surface area contributed by atoms with E-state index in [0.29, 0.717) is 11.3 Å². The monoisotopic (exact) mass is 323 g/mol. The Hall–Kier alpha value is -2.84. The van der Waals surface area contributed by atoms with Gasteiger partial charge in [0.15, 0.2) is 5.69 Å². The van der Waals surface area contributed by atoms with Gasteiger partial charge < -0.3 is 10.3 Å². The van der Waals surface area contributed by atoms with Gasteiger partial charge in [0.2, 0.25) is 0 Å². The SMILES string of the molecule is Cn1cc(C(=O)NCc2nc3ccccc3[nH]2)c(C(F)(F)F)n1. The van der Waals surface area contributed by atoms with Crippen molar-refractivity contribution in [2.45, 2.75) is 12.7 Å². The number of amides is 1. The van der Waals surface area contributed by atoms with E-state index in [1.807, 2.05) is 18.2 Å². The molecular formula is C14H12F3N5O. The van der Waals surface area contributed by atoms with Crippen LogP contribution in [0.4, 0.5) is 13.2 Å². The van der Waals surface area contributed by atoms with Gasteiger partial charge in [-0.25, -0.2) is 4.98 Å². The fraction of sp³-hybridized carbons (Fsp3) is 0.214. The molecule has 0 atom stereocenters. The summed E-state index contributed by atoms with van der Waals surface area (Å²) >= 11 is 0. The van der Waals surface area contributed by atoms with Crippen LogP contribution in [0, 0.1) is 0 Å². The van der Waals surface area contributed by atoms with E-state index in [4.69, 9.17) is 0 Å². The molecule has 0 aliphatic heterocycles. The maximum Gasteiger partial charge on any atom is 0.435 e. The Kier molecular flexibility index (Phi) is 3.55. The minimum absolute atomic E-state index is 0.0142. The van der Waals surface area contributed by atoms with E-state index >= 15 is 0 Å². The number of alkyl halides is 3. The van der Waals surface area contributed by atoms with Crippen LogP contribution in [0.15, 0.2) is 30.5 Å². The highest BCUT2D eigenvalue weighted by atomic mass is 19.4. The molecule has 0 bridgehead atoms. The number of fused-ring (bicyclic) bond motifs is 1. The van der Waals surface area contributed by atoms with Gasteiger partial charge in [-0.15, -0.1) is 0 Å². The first-order valence-corrected chi connectivity index (χ1v) is 6.67. The van der Waals surface area contributed by atoms with Crippen molar-refractivity contribution in [1.29, 1.82) is 0 Å². The number of nitrogens with zero attached hydrogens (tertiary/aromatic N) is 3. The molecule has 2 aromatic heterocycles. The molecule has 6 nitrogen and oxygen atoms in total. The van der Waals surface area contributed by atoms with E-state index < -0.39 is 23.3 Å². The van der Waals surface area contributed by atoms with E-state index in [1.165, 1.54) is 7.05 Å². The number of rotatable bonds is 3. The summed E-state index contributed by atoms with van der Waals surface area (Å²) in [7, 11) is 1.32. The van der Waals surface area contributed by atoms with E-state index in [9.17, 15) is 18.0 Å². The van der Waals surface area contributed by atoms with Gasteiger partial charge in [-0.3, -0.25) is 9.48 Å². The van der Waals surface area contributed by atoms with Gasteiger partial charge in [-0.1, -0.05) is 12.1 Å².